The van der Waals surface area contributed by atoms with Gasteiger partial charge in [-0.1, -0.05) is 25.1 Å². The van der Waals surface area contributed by atoms with E-state index in [1.807, 2.05) is 24.3 Å². The molecule has 3 heterocycles. The monoisotopic (exact) mass is 411 g/mol. The van der Waals surface area contributed by atoms with Gasteiger partial charge in [0.1, 0.15) is 6.04 Å². The molecule has 4 rings (SSSR count). The predicted octanol–water partition coefficient (Wildman–Crippen LogP) is 1.52. The second-order valence-electron chi connectivity index (χ2n) is 8.34. The topological polar surface area (TPSA) is 96.2 Å². The molecule has 160 valence electrons. The number of anilines is 1. The van der Waals surface area contributed by atoms with Crippen LogP contribution in [0.25, 0.3) is 0 Å². The summed E-state index contributed by atoms with van der Waals surface area (Å²) < 4.78 is 1.79. The molecule has 0 aliphatic carbocycles. The summed E-state index contributed by atoms with van der Waals surface area (Å²) in [4.78, 5) is 28.9. The van der Waals surface area contributed by atoms with Gasteiger partial charge in [0.25, 0.3) is 5.91 Å². The Morgan fingerprint density at radius 2 is 2.00 bits per heavy atom. The summed E-state index contributed by atoms with van der Waals surface area (Å²) in [6, 6.07) is 6.94. The number of aryl methyl sites for hydroxylation is 1. The average molecular weight is 412 g/mol. The van der Waals surface area contributed by atoms with Crippen LogP contribution in [-0.2, 0) is 22.7 Å². The lowest BCUT2D eigenvalue weighted by Gasteiger charge is -2.29. The fraction of sp³-hybridized carbons (Fsp3) is 0.571. The Hall–Kier alpha value is -2.81. The maximum atomic E-state index is 12.5. The largest absolute Gasteiger partial charge is 0.340 e. The molecule has 0 spiro atoms. The number of rotatable bonds is 7. The van der Waals surface area contributed by atoms with Gasteiger partial charge in [0.2, 0.25) is 5.91 Å². The van der Waals surface area contributed by atoms with Gasteiger partial charge in [0, 0.05) is 31.3 Å². The molecule has 9 heteroatoms. The number of tetrazole rings is 1. The van der Waals surface area contributed by atoms with E-state index in [1.165, 1.54) is 12.8 Å². The number of fused-ring (bicyclic) bond motifs is 1. The average Bonchev–Trinajstić information content (AvgIpc) is 3.28. The van der Waals surface area contributed by atoms with E-state index in [1.54, 1.807) is 16.6 Å². The van der Waals surface area contributed by atoms with Crippen LogP contribution in [0.2, 0.25) is 0 Å². The van der Waals surface area contributed by atoms with Gasteiger partial charge in [-0.15, -0.1) is 5.10 Å². The molecule has 0 radical (unpaired) electrons. The number of hydrogen-bond acceptors (Lipinski definition) is 6. The van der Waals surface area contributed by atoms with Crippen LogP contribution in [0, 0.1) is 5.92 Å². The van der Waals surface area contributed by atoms with Crippen LogP contribution in [-0.4, -0.2) is 57.1 Å². The lowest BCUT2D eigenvalue weighted by Crippen LogP contribution is -2.36. The number of piperidine rings is 1. The molecule has 1 fully saturated rings. The first-order valence-electron chi connectivity index (χ1n) is 10.7. The minimum atomic E-state index is -0.608. The van der Waals surface area contributed by atoms with Gasteiger partial charge < -0.3 is 10.2 Å². The number of benzene rings is 1. The van der Waals surface area contributed by atoms with Crippen molar-refractivity contribution in [3.63, 3.8) is 0 Å². The lowest BCUT2D eigenvalue weighted by molar-refractivity contribution is -0.127. The number of nitrogens with one attached hydrogen (secondary N) is 1. The molecule has 1 aromatic carbocycles. The number of para-hydroxylation sites is 1. The summed E-state index contributed by atoms with van der Waals surface area (Å²) in [7, 11) is 1.73. The first-order chi connectivity index (χ1) is 14.5. The van der Waals surface area contributed by atoms with Crippen molar-refractivity contribution >= 4 is 17.5 Å². The third-order valence-corrected chi connectivity index (χ3v) is 6.11. The van der Waals surface area contributed by atoms with E-state index in [0.29, 0.717) is 19.4 Å². The molecule has 1 atom stereocenters. The first kappa shape index (κ1) is 20.5. The van der Waals surface area contributed by atoms with Crippen LogP contribution in [0.5, 0.6) is 0 Å². The van der Waals surface area contributed by atoms with Crippen molar-refractivity contribution in [2.24, 2.45) is 5.92 Å². The number of amides is 2. The zero-order valence-corrected chi connectivity index (χ0v) is 17.6. The van der Waals surface area contributed by atoms with E-state index in [4.69, 9.17) is 0 Å². The summed E-state index contributed by atoms with van der Waals surface area (Å²) in [6.45, 7) is 5.76. The summed E-state index contributed by atoms with van der Waals surface area (Å²) >= 11 is 0. The number of aromatic nitrogens is 4. The maximum Gasteiger partial charge on any atom is 0.254 e. The van der Waals surface area contributed by atoms with Crippen molar-refractivity contribution in [3.8, 4) is 0 Å². The highest BCUT2D eigenvalue weighted by atomic mass is 16.2. The van der Waals surface area contributed by atoms with Gasteiger partial charge in [-0.05, 0) is 54.8 Å². The van der Waals surface area contributed by atoms with Gasteiger partial charge in [-0.2, -0.15) is 0 Å². The molecular weight excluding hydrogens is 382 g/mol. The van der Waals surface area contributed by atoms with Crippen molar-refractivity contribution in [2.45, 2.75) is 51.7 Å². The van der Waals surface area contributed by atoms with Crippen LogP contribution in [0.1, 0.15) is 50.0 Å². The van der Waals surface area contributed by atoms with Gasteiger partial charge in [0.15, 0.2) is 5.82 Å². The third-order valence-electron chi connectivity index (χ3n) is 6.11. The van der Waals surface area contributed by atoms with Crippen molar-refractivity contribution in [1.29, 1.82) is 0 Å². The molecular formula is C21H29N7O2. The summed E-state index contributed by atoms with van der Waals surface area (Å²) in [5.41, 5.74) is 1.69. The van der Waals surface area contributed by atoms with Gasteiger partial charge in [-0.3, -0.25) is 14.5 Å². The molecule has 2 amide bonds. The molecule has 9 nitrogen and oxygen atoms in total. The Kier molecular flexibility index (Phi) is 6.08. The standard InChI is InChI=1S/C21H29N7O2/c1-15-9-12-27(13-10-15)14-18-23-24-25-28(18)11-5-8-19(29)22-20-16-6-3-4-7-17(16)26(2)21(20)30/h3-4,6-7,15,20H,5,8-14H2,1-2H3,(H,22,29). The van der Waals surface area contributed by atoms with E-state index in [2.05, 4.69) is 32.7 Å². The zero-order chi connectivity index (χ0) is 21.1. The Morgan fingerprint density at radius 3 is 2.80 bits per heavy atom. The lowest BCUT2D eigenvalue weighted by atomic mass is 9.99. The quantitative estimate of drug-likeness (QED) is 0.742. The highest BCUT2D eigenvalue weighted by Gasteiger charge is 2.35. The van der Waals surface area contributed by atoms with E-state index < -0.39 is 6.04 Å². The summed E-state index contributed by atoms with van der Waals surface area (Å²) in [5.74, 6) is 1.38. The molecule has 2 aliphatic heterocycles. The minimum absolute atomic E-state index is 0.108. The highest BCUT2D eigenvalue weighted by molar-refractivity contribution is 6.05. The second kappa shape index (κ2) is 8.91. The molecule has 1 unspecified atom stereocenters. The van der Waals surface area contributed by atoms with Crippen molar-refractivity contribution in [3.05, 3.63) is 35.7 Å². The van der Waals surface area contributed by atoms with E-state index in [0.717, 1.165) is 42.6 Å². The molecule has 1 aromatic heterocycles. The fourth-order valence-electron chi connectivity index (χ4n) is 4.17. The normalized spacial score (nSPS) is 19.9. The summed E-state index contributed by atoms with van der Waals surface area (Å²) in [5, 5.41) is 14.9. The molecule has 0 bridgehead atoms. The highest BCUT2D eigenvalue weighted by Crippen LogP contribution is 2.34. The van der Waals surface area contributed by atoms with Crippen LogP contribution in [0.4, 0.5) is 5.69 Å². The van der Waals surface area contributed by atoms with Crippen molar-refractivity contribution in [1.82, 2.24) is 30.4 Å². The van der Waals surface area contributed by atoms with Crippen molar-refractivity contribution < 1.29 is 9.59 Å². The van der Waals surface area contributed by atoms with Crippen LogP contribution < -0.4 is 10.2 Å². The first-order valence-corrected chi connectivity index (χ1v) is 10.7. The van der Waals surface area contributed by atoms with Gasteiger partial charge >= 0.3 is 0 Å². The smallest absolute Gasteiger partial charge is 0.254 e. The third kappa shape index (κ3) is 4.35. The van der Waals surface area contributed by atoms with E-state index in [-0.39, 0.29) is 11.8 Å². The number of likely N-dealkylation sites (N-methyl/N-ethyl adjacent to an activating group) is 1. The molecule has 1 saturated heterocycles. The van der Waals surface area contributed by atoms with Crippen LogP contribution in [0.3, 0.4) is 0 Å². The van der Waals surface area contributed by atoms with Gasteiger partial charge in [0.05, 0.1) is 6.54 Å². The van der Waals surface area contributed by atoms with E-state index in [9.17, 15) is 9.59 Å². The number of carbonyl (C=O) groups is 2. The number of carbonyl (C=O) groups excluding carboxylic acids is 2. The Labute approximate surface area is 176 Å². The molecule has 0 saturated carbocycles. The number of nitrogens with zero attached hydrogens (tertiary/aromatic N) is 6. The van der Waals surface area contributed by atoms with Crippen molar-refractivity contribution in [2.75, 3.05) is 25.0 Å². The Morgan fingerprint density at radius 1 is 1.23 bits per heavy atom. The fourth-order valence-corrected chi connectivity index (χ4v) is 4.17. The predicted molar refractivity (Wildman–Crippen MR) is 111 cm³/mol. The SMILES string of the molecule is CC1CCN(Cc2nnnn2CCCC(=O)NC2C(=O)N(C)c3ccccc32)CC1. The van der Waals surface area contributed by atoms with E-state index >= 15 is 0 Å². The maximum absolute atomic E-state index is 12.5. The van der Waals surface area contributed by atoms with Gasteiger partial charge in [-0.25, -0.2) is 4.68 Å². The summed E-state index contributed by atoms with van der Waals surface area (Å²) in [6.07, 6.45) is 3.34. The molecule has 2 aliphatic rings. The molecule has 2 aromatic rings. The molecule has 1 N–H and O–H groups in total. The molecule has 30 heavy (non-hydrogen) atoms. The number of likely N-dealkylation sites (tertiary alicyclic amines) is 1. The zero-order valence-electron chi connectivity index (χ0n) is 17.6. The van der Waals surface area contributed by atoms with Crippen LogP contribution in [0.15, 0.2) is 24.3 Å². The Bertz CT molecular complexity index is 904. The Balaban J connectivity index is 1.27. The van der Waals surface area contributed by atoms with Crippen LogP contribution >= 0.6 is 0 Å². The second-order valence-corrected chi connectivity index (χ2v) is 8.34. The minimum Gasteiger partial charge on any atom is -0.340 e. The number of hydrogen-bond donors (Lipinski definition) is 1.